The molecule has 98 valence electrons. The molecule has 1 aliphatic heterocycles. The Morgan fingerprint density at radius 2 is 2.15 bits per heavy atom. The Morgan fingerprint density at radius 3 is 3.05 bits per heavy atom. The fraction of sp³-hybridized carbons (Fsp3) is 0.118. The topological polar surface area (TPSA) is 26.5 Å². The summed E-state index contributed by atoms with van der Waals surface area (Å²) in [4.78, 5) is 4.88. The Labute approximate surface area is 117 Å². The Morgan fingerprint density at radius 1 is 1.20 bits per heavy atom. The van der Waals surface area contributed by atoms with E-state index in [1.54, 1.807) is 7.11 Å². The van der Waals surface area contributed by atoms with E-state index < -0.39 is 0 Å². The van der Waals surface area contributed by atoms with E-state index in [0.29, 0.717) is 5.92 Å². The smallest absolute Gasteiger partial charge is 0.106 e. The molecule has 0 aromatic carbocycles. The first-order valence-corrected chi connectivity index (χ1v) is 6.66. The fourth-order valence-electron chi connectivity index (χ4n) is 3.05. The molecule has 1 atom stereocenters. The van der Waals surface area contributed by atoms with Crippen LogP contribution in [0.2, 0.25) is 0 Å². The van der Waals surface area contributed by atoms with Crippen molar-refractivity contribution in [2.45, 2.75) is 5.92 Å². The van der Waals surface area contributed by atoms with E-state index in [2.05, 4.69) is 64.5 Å². The van der Waals surface area contributed by atoms with Crippen LogP contribution in [-0.4, -0.2) is 17.4 Å². The van der Waals surface area contributed by atoms with Crippen molar-refractivity contribution in [3.8, 4) is 0 Å². The van der Waals surface area contributed by atoms with Gasteiger partial charge < -0.3 is 9.40 Å². The van der Waals surface area contributed by atoms with E-state index in [0.717, 1.165) is 11.4 Å². The first kappa shape index (κ1) is 11.3. The van der Waals surface area contributed by atoms with Crippen LogP contribution >= 0.6 is 0 Å². The quantitative estimate of drug-likeness (QED) is 0.712. The molecule has 0 amide bonds. The van der Waals surface area contributed by atoms with Crippen molar-refractivity contribution in [2.75, 3.05) is 7.11 Å². The SMILES string of the molecule is CON=C1C=CC2=C3C=CC=CC3c3cccn3C2=C1. The van der Waals surface area contributed by atoms with Crippen molar-refractivity contribution < 1.29 is 4.84 Å². The highest BCUT2D eigenvalue weighted by Gasteiger charge is 2.29. The molecule has 20 heavy (non-hydrogen) atoms. The average molecular weight is 262 g/mol. The zero-order valence-electron chi connectivity index (χ0n) is 11.2. The van der Waals surface area contributed by atoms with Gasteiger partial charge in [0.25, 0.3) is 0 Å². The second kappa shape index (κ2) is 4.23. The molecule has 0 saturated heterocycles. The average Bonchev–Trinajstić information content (AvgIpc) is 2.98. The van der Waals surface area contributed by atoms with Gasteiger partial charge in [-0.1, -0.05) is 35.5 Å². The molecule has 0 bridgehead atoms. The van der Waals surface area contributed by atoms with Crippen molar-refractivity contribution in [2.24, 2.45) is 5.16 Å². The van der Waals surface area contributed by atoms with Crippen LogP contribution in [0.3, 0.4) is 0 Å². The summed E-state index contributed by atoms with van der Waals surface area (Å²) in [5, 5.41) is 4.02. The van der Waals surface area contributed by atoms with Gasteiger partial charge in [0, 0.05) is 23.4 Å². The van der Waals surface area contributed by atoms with Gasteiger partial charge in [-0.3, -0.25) is 0 Å². The summed E-state index contributed by atoms with van der Waals surface area (Å²) < 4.78 is 2.24. The van der Waals surface area contributed by atoms with Gasteiger partial charge in [0.1, 0.15) is 12.8 Å². The van der Waals surface area contributed by atoms with Gasteiger partial charge in [-0.05, 0) is 29.9 Å². The van der Waals surface area contributed by atoms with Crippen LogP contribution in [0.25, 0.3) is 5.70 Å². The van der Waals surface area contributed by atoms with Crippen LogP contribution in [0, 0.1) is 0 Å². The second-order valence-electron chi connectivity index (χ2n) is 4.96. The van der Waals surface area contributed by atoms with Crippen molar-refractivity contribution in [3.05, 3.63) is 77.7 Å². The van der Waals surface area contributed by atoms with E-state index in [9.17, 15) is 0 Å². The van der Waals surface area contributed by atoms with Gasteiger partial charge in [-0.2, -0.15) is 0 Å². The van der Waals surface area contributed by atoms with E-state index in [1.807, 2.05) is 6.08 Å². The minimum Gasteiger partial charge on any atom is -0.399 e. The maximum Gasteiger partial charge on any atom is 0.106 e. The molecule has 3 aliphatic rings. The predicted molar refractivity (Wildman–Crippen MR) is 80.3 cm³/mol. The maximum absolute atomic E-state index is 4.88. The third-order valence-corrected chi connectivity index (χ3v) is 3.87. The Bertz CT molecular complexity index is 754. The molecule has 1 aromatic rings. The lowest BCUT2D eigenvalue weighted by atomic mass is 9.82. The Balaban J connectivity index is 1.96. The van der Waals surface area contributed by atoms with E-state index in [1.165, 1.54) is 16.8 Å². The monoisotopic (exact) mass is 262 g/mol. The summed E-state index contributed by atoms with van der Waals surface area (Å²) in [5.74, 6) is 0.340. The second-order valence-corrected chi connectivity index (χ2v) is 4.96. The lowest BCUT2D eigenvalue weighted by Crippen LogP contribution is -2.19. The fourth-order valence-corrected chi connectivity index (χ4v) is 3.05. The highest BCUT2D eigenvalue weighted by atomic mass is 16.6. The summed E-state index contributed by atoms with van der Waals surface area (Å²) in [6.07, 6.45) is 17.0. The molecular weight excluding hydrogens is 248 g/mol. The van der Waals surface area contributed by atoms with Crippen LogP contribution in [0.15, 0.2) is 77.2 Å². The number of nitrogens with zero attached hydrogens (tertiary/aromatic N) is 2. The summed E-state index contributed by atoms with van der Waals surface area (Å²) in [6, 6.07) is 4.27. The highest BCUT2D eigenvalue weighted by Crippen LogP contribution is 2.42. The molecule has 3 nitrogen and oxygen atoms in total. The van der Waals surface area contributed by atoms with Gasteiger partial charge in [0.15, 0.2) is 0 Å². The number of oxime groups is 1. The molecular formula is C17H14N2O. The van der Waals surface area contributed by atoms with Crippen molar-refractivity contribution in [1.82, 2.24) is 4.57 Å². The molecule has 3 heteroatoms. The minimum atomic E-state index is 0.340. The number of hydrogen-bond acceptors (Lipinski definition) is 2. The van der Waals surface area contributed by atoms with Crippen molar-refractivity contribution in [3.63, 3.8) is 0 Å². The predicted octanol–water partition coefficient (Wildman–Crippen LogP) is 3.42. The van der Waals surface area contributed by atoms with E-state index in [4.69, 9.17) is 4.84 Å². The summed E-state index contributed by atoms with van der Waals surface area (Å²) >= 11 is 0. The molecule has 0 spiro atoms. The Hall–Kier alpha value is -2.55. The van der Waals surface area contributed by atoms with Crippen LogP contribution in [0.1, 0.15) is 11.6 Å². The number of rotatable bonds is 1. The van der Waals surface area contributed by atoms with Gasteiger partial charge in [0.05, 0.1) is 5.70 Å². The number of fused-ring (bicyclic) bond motifs is 5. The van der Waals surface area contributed by atoms with Crippen molar-refractivity contribution >= 4 is 11.4 Å². The number of hydrogen-bond donors (Lipinski definition) is 0. The lowest BCUT2D eigenvalue weighted by molar-refractivity contribution is 0.214. The van der Waals surface area contributed by atoms with Crippen LogP contribution in [0.5, 0.6) is 0 Å². The normalized spacial score (nSPS) is 24.4. The molecule has 0 fully saturated rings. The molecule has 0 saturated carbocycles. The molecule has 4 rings (SSSR count). The van der Waals surface area contributed by atoms with Gasteiger partial charge >= 0.3 is 0 Å². The Kier molecular flexibility index (Phi) is 2.39. The maximum atomic E-state index is 4.88. The van der Waals surface area contributed by atoms with E-state index in [-0.39, 0.29) is 0 Å². The highest BCUT2D eigenvalue weighted by molar-refractivity contribution is 6.11. The van der Waals surface area contributed by atoms with Gasteiger partial charge in [-0.15, -0.1) is 0 Å². The summed E-state index contributed by atoms with van der Waals surface area (Å²) in [5.41, 5.74) is 5.89. The van der Waals surface area contributed by atoms with Crippen LogP contribution < -0.4 is 0 Å². The first-order valence-electron chi connectivity index (χ1n) is 6.66. The van der Waals surface area contributed by atoms with E-state index >= 15 is 0 Å². The molecule has 0 radical (unpaired) electrons. The van der Waals surface area contributed by atoms with Gasteiger partial charge in [-0.25, -0.2) is 0 Å². The summed E-state index contributed by atoms with van der Waals surface area (Å²) in [6.45, 7) is 0. The molecule has 2 heterocycles. The minimum absolute atomic E-state index is 0.340. The zero-order chi connectivity index (χ0) is 13.5. The first-order chi connectivity index (χ1) is 9.88. The molecule has 2 aliphatic carbocycles. The number of aromatic nitrogens is 1. The molecule has 1 aromatic heterocycles. The third kappa shape index (κ3) is 1.50. The van der Waals surface area contributed by atoms with Gasteiger partial charge in [0.2, 0.25) is 0 Å². The van der Waals surface area contributed by atoms with Crippen LogP contribution in [-0.2, 0) is 4.84 Å². The standard InChI is InChI=1S/C17H14N2O/c1-20-18-12-8-9-15-13-5-2-3-6-14(13)16-7-4-10-19(16)17(15)11-12/h2-11,14H,1H3. The summed E-state index contributed by atoms with van der Waals surface area (Å²) in [7, 11) is 1.57. The molecule has 1 unspecified atom stereocenters. The lowest BCUT2D eigenvalue weighted by Gasteiger charge is -2.31. The van der Waals surface area contributed by atoms with Crippen molar-refractivity contribution in [1.29, 1.82) is 0 Å². The third-order valence-electron chi connectivity index (χ3n) is 3.87. The molecule has 0 N–H and O–H groups in total. The van der Waals surface area contributed by atoms with Crippen LogP contribution in [0.4, 0.5) is 0 Å². The zero-order valence-corrected chi connectivity index (χ0v) is 11.2. The number of allylic oxidation sites excluding steroid dienone is 10. The largest absolute Gasteiger partial charge is 0.399 e.